The van der Waals surface area contributed by atoms with Gasteiger partial charge in [-0.1, -0.05) is 6.07 Å². The molecule has 3 N–H and O–H groups in total. The lowest BCUT2D eigenvalue weighted by molar-refractivity contribution is -0.192. The summed E-state index contributed by atoms with van der Waals surface area (Å²) in [6.45, 7) is 8.38. The maximum atomic E-state index is 13.1. The Bertz CT molecular complexity index is 1430. The first kappa shape index (κ1) is 33.1. The molecule has 4 fully saturated rings. The minimum Gasteiger partial charge on any atom is -0.475 e. The van der Waals surface area contributed by atoms with E-state index in [1.54, 1.807) is 16.2 Å². The van der Waals surface area contributed by atoms with Crippen LogP contribution in [0, 0.1) is 5.92 Å². The zero-order chi connectivity index (χ0) is 32.3. The Morgan fingerprint density at radius 3 is 2.18 bits per heavy atom. The number of carbonyl (C=O) groups excluding carboxylic acids is 2. The van der Waals surface area contributed by atoms with Gasteiger partial charge in [-0.15, -0.1) is 0 Å². The molecule has 0 aliphatic carbocycles. The number of hydrogen-bond acceptors (Lipinski definition) is 7. The predicted molar refractivity (Wildman–Crippen MR) is 161 cm³/mol. The number of piperidine rings is 4. The number of likely N-dealkylation sites (tertiary alicyclic amines) is 2. The number of fused-ring (bicyclic) bond motifs is 1. The third kappa shape index (κ3) is 7.78. The Labute approximate surface area is 259 Å². The van der Waals surface area contributed by atoms with Crippen LogP contribution < -0.4 is 16.3 Å². The summed E-state index contributed by atoms with van der Waals surface area (Å²) in [6.07, 6.45) is 3.09. The molecular weight excluding hydrogens is 593 g/mol. The van der Waals surface area contributed by atoms with Crippen molar-refractivity contribution in [1.82, 2.24) is 29.6 Å². The number of amides is 2. The highest BCUT2D eigenvalue weighted by molar-refractivity contribution is 6.00. The molecule has 2 amide bonds. The topological polar surface area (TPSA) is 129 Å². The molecule has 11 nitrogen and oxygen atoms in total. The number of carboxylic acids is 1. The van der Waals surface area contributed by atoms with Gasteiger partial charge in [-0.2, -0.15) is 13.2 Å². The Morgan fingerprint density at radius 2 is 1.58 bits per heavy atom. The number of carbonyl (C=O) groups is 3. The lowest BCUT2D eigenvalue weighted by Gasteiger charge is -2.41. The van der Waals surface area contributed by atoms with Crippen LogP contribution in [0.3, 0.4) is 0 Å². The van der Waals surface area contributed by atoms with Gasteiger partial charge in [0.15, 0.2) is 0 Å². The lowest BCUT2D eigenvalue weighted by atomic mass is 9.88. The number of carboxylic acid groups (broad SMARTS) is 1. The molecule has 0 radical (unpaired) electrons. The quantitative estimate of drug-likeness (QED) is 0.428. The second-order valence-corrected chi connectivity index (χ2v) is 12.8. The Balaban J connectivity index is 0.000000515. The van der Waals surface area contributed by atoms with Gasteiger partial charge in [-0.3, -0.25) is 24.0 Å². The van der Waals surface area contributed by atoms with Crippen molar-refractivity contribution in [2.75, 3.05) is 45.8 Å². The van der Waals surface area contributed by atoms with Crippen molar-refractivity contribution in [3.8, 4) is 0 Å². The molecule has 0 spiro atoms. The minimum absolute atomic E-state index is 0.201. The average Bonchev–Trinajstić information content (AvgIpc) is 3.27. The Hall–Kier alpha value is -3.23. The normalized spacial score (nSPS) is 23.5. The molecule has 0 saturated carbocycles. The summed E-state index contributed by atoms with van der Waals surface area (Å²) in [5.41, 5.74) is 2.71. The Morgan fingerprint density at radius 1 is 0.933 bits per heavy atom. The number of alkyl halides is 3. The van der Waals surface area contributed by atoms with Gasteiger partial charge < -0.3 is 20.2 Å². The second-order valence-electron chi connectivity index (χ2n) is 12.8. The molecule has 0 bridgehead atoms. The standard InChI is InChI=1S/C29H42N6O3.C2HF3O2/c1-32-26-18-22(2-3-24(26)35(29(32)38)25-4-5-27(36)31-28(25)37)21-10-14-33(15-11-21)19-20-8-16-34(17-9-20)23-6-12-30-13-7-23;3-2(4,5)1(6)7/h2-3,18,20-21,23,25,30H,4-17,19H2,1H3,(H,31,36,37);(H,6,7). The Kier molecular flexibility index (Phi) is 10.3. The number of aryl methyl sites for hydroxylation is 1. The van der Waals surface area contributed by atoms with Crippen LogP contribution in [-0.2, 0) is 21.4 Å². The molecule has 248 valence electrons. The first-order chi connectivity index (χ1) is 21.4. The summed E-state index contributed by atoms with van der Waals surface area (Å²) in [4.78, 5) is 51.5. The van der Waals surface area contributed by atoms with Gasteiger partial charge in [0.05, 0.1) is 11.0 Å². The van der Waals surface area contributed by atoms with Crippen molar-refractivity contribution in [3.05, 3.63) is 34.2 Å². The molecule has 4 saturated heterocycles. The molecule has 1 unspecified atom stereocenters. The van der Waals surface area contributed by atoms with E-state index < -0.39 is 18.2 Å². The molecule has 6 rings (SSSR count). The number of nitrogens with zero attached hydrogens (tertiary/aromatic N) is 4. The molecular formula is C31H43F3N6O5. The van der Waals surface area contributed by atoms with Crippen LogP contribution in [-0.4, -0.2) is 99.9 Å². The summed E-state index contributed by atoms with van der Waals surface area (Å²) in [5.74, 6) is -2.10. The number of rotatable bonds is 5. The summed E-state index contributed by atoms with van der Waals surface area (Å²) in [7, 11) is 1.77. The number of benzene rings is 1. The number of aliphatic carboxylic acids is 1. The largest absolute Gasteiger partial charge is 0.490 e. The smallest absolute Gasteiger partial charge is 0.475 e. The van der Waals surface area contributed by atoms with Crippen LogP contribution in [0.1, 0.15) is 68.9 Å². The van der Waals surface area contributed by atoms with Crippen molar-refractivity contribution in [1.29, 1.82) is 0 Å². The molecule has 4 aliphatic rings. The number of imide groups is 1. The van der Waals surface area contributed by atoms with E-state index in [0.29, 0.717) is 12.3 Å². The first-order valence-electron chi connectivity index (χ1n) is 15.9. The minimum atomic E-state index is -5.08. The van der Waals surface area contributed by atoms with E-state index >= 15 is 0 Å². The fourth-order valence-corrected chi connectivity index (χ4v) is 7.35. The van der Waals surface area contributed by atoms with Crippen molar-refractivity contribution in [2.45, 2.75) is 75.5 Å². The maximum Gasteiger partial charge on any atom is 0.490 e. The highest BCUT2D eigenvalue weighted by atomic mass is 19.4. The van der Waals surface area contributed by atoms with Crippen LogP contribution in [0.4, 0.5) is 13.2 Å². The van der Waals surface area contributed by atoms with E-state index in [1.807, 2.05) is 6.07 Å². The SMILES string of the molecule is Cn1c(=O)n(C2CCC(=O)NC2=O)c2ccc(C3CCN(CC4CCN(C5CCNCC5)CC4)CC3)cc21.O=C(O)C(F)(F)F. The molecule has 1 aromatic heterocycles. The van der Waals surface area contributed by atoms with Crippen LogP contribution in [0.15, 0.2) is 23.0 Å². The van der Waals surface area contributed by atoms with E-state index in [2.05, 4.69) is 32.6 Å². The third-order valence-corrected chi connectivity index (χ3v) is 9.93. The van der Waals surface area contributed by atoms with E-state index in [-0.39, 0.29) is 23.9 Å². The molecule has 4 aliphatic heterocycles. The first-order valence-corrected chi connectivity index (χ1v) is 15.9. The third-order valence-electron chi connectivity index (χ3n) is 9.93. The zero-order valence-electron chi connectivity index (χ0n) is 25.7. The predicted octanol–water partition coefficient (Wildman–Crippen LogP) is 2.59. The van der Waals surface area contributed by atoms with Crippen LogP contribution in [0.5, 0.6) is 0 Å². The molecule has 45 heavy (non-hydrogen) atoms. The fourth-order valence-electron chi connectivity index (χ4n) is 7.35. The highest BCUT2D eigenvalue weighted by Gasteiger charge is 2.38. The number of aromatic nitrogens is 2. The van der Waals surface area contributed by atoms with Crippen LogP contribution in [0.25, 0.3) is 11.0 Å². The zero-order valence-corrected chi connectivity index (χ0v) is 25.7. The van der Waals surface area contributed by atoms with Gasteiger partial charge in [-0.25, -0.2) is 9.59 Å². The number of nitrogens with one attached hydrogen (secondary N) is 2. The molecule has 5 heterocycles. The second kappa shape index (κ2) is 14.0. The maximum absolute atomic E-state index is 13.1. The summed E-state index contributed by atoms with van der Waals surface area (Å²) in [5, 5.41) is 13.0. The van der Waals surface area contributed by atoms with Crippen molar-refractivity contribution < 1.29 is 32.7 Å². The van der Waals surface area contributed by atoms with Crippen LogP contribution in [0.2, 0.25) is 0 Å². The molecule has 1 atom stereocenters. The van der Waals surface area contributed by atoms with Crippen molar-refractivity contribution in [3.63, 3.8) is 0 Å². The van der Waals surface area contributed by atoms with Gasteiger partial charge in [0.25, 0.3) is 0 Å². The summed E-state index contributed by atoms with van der Waals surface area (Å²) >= 11 is 0. The van der Waals surface area contributed by atoms with E-state index in [0.717, 1.165) is 48.9 Å². The average molecular weight is 637 g/mol. The fraction of sp³-hybridized carbons (Fsp3) is 0.677. The molecule has 1 aromatic carbocycles. The van der Waals surface area contributed by atoms with Crippen molar-refractivity contribution >= 4 is 28.8 Å². The van der Waals surface area contributed by atoms with Crippen molar-refractivity contribution in [2.24, 2.45) is 13.0 Å². The van der Waals surface area contributed by atoms with Gasteiger partial charge in [-0.05, 0) is 114 Å². The monoisotopic (exact) mass is 636 g/mol. The van der Waals surface area contributed by atoms with Gasteiger partial charge in [0.2, 0.25) is 11.8 Å². The van der Waals surface area contributed by atoms with Gasteiger partial charge >= 0.3 is 17.8 Å². The number of imidazole rings is 1. The molecule has 2 aromatic rings. The van der Waals surface area contributed by atoms with E-state index in [4.69, 9.17) is 9.90 Å². The summed E-state index contributed by atoms with van der Waals surface area (Å²) < 4.78 is 35.0. The van der Waals surface area contributed by atoms with Gasteiger partial charge in [0.1, 0.15) is 6.04 Å². The van der Waals surface area contributed by atoms with Gasteiger partial charge in [0, 0.05) is 26.1 Å². The summed E-state index contributed by atoms with van der Waals surface area (Å²) in [6, 6.07) is 6.45. The van der Waals surface area contributed by atoms with E-state index in [9.17, 15) is 27.6 Å². The number of hydrogen-bond donors (Lipinski definition) is 3. The lowest BCUT2D eigenvalue weighted by Crippen LogP contribution is -2.48. The van der Waals surface area contributed by atoms with Crippen LogP contribution >= 0.6 is 0 Å². The number of halogens is 3. The molecule has 14 heteroatoms. The van der Waals surface area contributed by atoms with E-state index in [1.165, 1.54) is 64.0 Å². The highest BCUT2D eigenvalue weighted by Crippen LogP contribution is 2.32.